The van der Waals surface area contributed by atoms with E-state index in [0.717, 1.165) is 18.5 Å². The zero-order chi connectivity index (χ0) is 12.4. The van der Waals surface area contributed by atoms with Gasteiger partial charge in [-0.3, -0.25) is 0 Å². The Labute approximate surface area is 107 Å². The van der Waals surface area contributed by atoms with Crippen molar-refractivity contribution >= 4 is 11.0 Å². The highest BCUT2D eigenvalue weighted by Gasteiger charge is 2.26. The number of rotatable bonds is 4. The molecule has 0 radical (unpaired) electrons. The molecule has 3 nitrogen and oxygen atoms in total. The SMILES string of the molecule is OCC1CCCC1NCc1coc2ccccc12. The Morgan fingerprint density at radius 1 is 1.28 bits per heavy atom. The molecule has 1 heterocycles. The van der Waals surface area contributed by atoms with Crippen LogP contribution in [-0.2, 0) is 6.54 Å². The standard InChI is InChI=1S/C15H19NO2/c17-9-11-4-3-6-14(11)16-8-12-10-18-15-7-2-1-5-13(12)15/h1-2,5,7,10-11,14,16-17H,3-4,6,8-9H2. The predicted molar refractivity (Wildman–Crippen MR) is 71.3 cm³/mol. The van der Waals surface area contributed by atoms with Gasteiger partial charge in [-0.2, -0.15) is 0 Å². The second-order valence-corrected chi connectivity index (χ2v) is 5.12. The van der Waals surface area contributed by atoms with E-state index in [2.05, 4.69) is 11.4 Å². The van der Waals surface area contributed by atoms with Crippen LogP contribution in [0.5, 0.6) is 0 Å². The van der Waals surface area contributed by atoms with Gasteiger partial charge in [0.15, 0.2) is 0 Å². The molecule has 1 aromatic carbocycles. The third-order valence-electron chi connectivity index (χ3n) is 4.01. The first-order valence-corrected chi connectivity index (χ1v) is 6.68. The van der Waals surface area contributed by atoms with Crippen LogP contribution in [0.4, 0.5) is 0 Å². The summed E-state index contributed by atoms with van der Waals surface area (Å²) in [5.41, 5.74) is 2.15. The maximum Gasteiger partial charge on any atom is 0.134 e. The number of furan rings is 1. The van der Waals surface area contributed by atoms with Gasteiger partial charge in [0.05, 0.1) is 6.26 Å². The van der Waals surface area contributed by atoms with E-state index in [1.54, 1.807) is 0 Å². The molecule has 0 bridgehead atoms. The highest BCUT2D eigenvalue weighted by Crippen LogP contribution is 2.26. The fourth-order valence-electron chi connectivity index (χ4n) is 2.93. The van der Waals surface area contributed by atoms with Crippen LogP contribution in [0.3, 0.4) is 0 Å². The van der Waals surface area contributed by atoms with Crippen LogP contribution in [0.25, 0.3) is 11.0 Å². The minimum Gasteiger partial charge on any atom is -0.464 e. The second-order valence-electron chi connectivity index (χ2n) is 5.12. The molecular weight excluding hydrogens is 226 g/mol. The van der Waals surface area contributed by atoms with Crippen molar-refractivity contribution in [2.45, 2.75) is 31.8 Å². The first-order valence-electron chi connectivity index (χ1n) is 6.68. The van der Waals surface area contributed by atoms with Crippen molar-refractivity contribution in [3.63, 3.8) is 0 Å². The molecule has 1 saturated carbocycles. The van der Waals surface area contributed by atoms with Crippen LogP contribution < -0.4 is 5.32 Å². The molecule has 2 atom stereocenters. The lowest BCUT2D eigenvalue weighted by Gasteiger charge is -2.18. The number of para-hydroxylation sites is 1. The quantitative estimate of drug-likeness (QED) is 0.870. The fraction of sp³-hybridized carbons (Fsp3) is 0.467. The molecule has 18 heavy (non-hydrogen) atoms. The van der Waals surface area contributed by atoms with E-state index >= 15 is 0 Å². The van der Waals surface area contributed by atoms with E-state index < -0.39 is 0 Å². The van der Waals surface area contributed by atoms with Gasteiger partial charge in [-0.1, -0.05) is 24.6 Å². The summed E-state index contributed by atoms with van der Waals surface area (Å²) in [4.78, 5) is 0. The molecule has 0 spiro atoms. The van der Waals surface area contributed by atoms with Gasteiger partial charge in [-0.15, -0.1) is 0 Å². The molecule has 1 aliphatic carbocycles. The van der Waals surface area contributed by atoms with Crippen LogP contribution in [0.2, 0.25) is 0 Å². The van der Waals surface area contributed by atoms with E-state index in [1.807, 2.05) is 24.5 Å². The number of fused-ring (bicyclic) bond motifs is 1. The lowest BCUT2D eigenvalue weighted by Crippen LogP contribution is -2.33. The van der Waals surface area contributed by atoms with E-state index in [4.69, 9.17) is 4.42 Å². The van der Waals surface area contributed by atoms with Gasteiger partial charge in [-0.05, 0) is 24.8 Å². The summed E-state index contributed by atoms with van der Waals surface area (Å²) in [7, 11) is 0. The summed E-state index contributed by atoms with van der Waals surface area (Å²) in [6.45, 7) is 1.11. The van der Waals surface area contributed by atoms with Gasteiger partial charge in [0, 0.05) is 30.1 Å². The van der Waals surface area contributed by atoms with Crippen LogP contribution in [0.1, 0.15) is 24.8 Å². The molecule has 3 heteroatoms. The summed E-state index contributed by atoms with van der Waals surface area (Å²) in [5, 5.41) is 14.0. The molecule has 1 aromatic heterocycles. The summed E-state index contributed by atoms with van der Waals surface area (Å²) in [6.07, 6.45) is 5.36. The average molecular weight is 245 g/mol. The van der Waals surface area contributed by atoms with Crippen LogP contribution >= 0.6 is 0 Å². The van der Waals surface area contributed by atoms with Crippen molar-refractivity contribution in [3.8, 4) is 0 Å². The van der Waals surface area contributed by atoms with Crippen molar-refractivity contribution in [2.24, 2.45) is 5.92 Å². The number of hydrogen-bond acceptors (Lipinski definition) is 3. The summed E-state index contributed by atoms with van der Waals surface area (Å²) in [5.74, 6) is 0.420. The Hall–Kier alpha value is -1.32. The Morgan fingerprint density at radius 2 is 2.17 bits per heavy atom. The van der Waals surface area contributed by atoms with Gasteiger partial charge in [0.25, 0.3) is 0 Å². The molecule has 2 unspecified atom stereocenters. The van der Waals surface area contributed by atoms with Crippen molar-refractivity contribution in [2.75, 3.05) is 6.61 Å². The number of hydrogen-bond donors (Lipinski definition) is 2. The maximum absolute atomic E-state index is 9.31. The number of aliphatic hydroxyl groups is 1. The Morgan fingerprint density at radius 3 is 3.06 bits per heavy atom. The number of aliphatic hydroxyl groups excluding tert-OH is 1. The fourth-order valence-corrected chi connectivity index (χ4v) is 2.93. The van der Waals surface area contributed by atoms with Crippen LogP contribution in [0, 0.1) is 5.92 Å². The third-order valence-corrected chi connectivity index (χ3v) is 4.01. The number of nitrogens with one attached hydrogen (secondary N) is 1. The van der Waals surface area contributed by atoms with Crippen LogP contribution in [-0.4, -0.2) is 17.8 Å². The van der Waals surface area contributed by atoms with Crippen molar-refractivity contribution in [1.82, 2.24) is 5.32 Å². The van der Waals surface area contributed by atoms with E-state index in [0.29, 0.717) is 18.6 Å². The van der Waals surface area contributed by atoms with Crippen molar-refractivity contribution < 1.29 is 9.52 Å². The average Bonchev–Trinajstić information content (AvgIpc) is 3.02. The molecule has 1 aliphatic rings. The van der Waals surface area contributed by atoms with Gasteiger partial charge < -0.3 is 14.8 Å². The van der Waals surface area contributed by atoms with Crippen molar-refractivity contribution in [3.05, 3.63) is 36.1 Å². The largest absolute Gasteiger partial charge is 0.464 e. The molecule has 96 valence electrons. The Bertz CT molecular complexity index is 520. The highest BCUT2D eigenvalue weighted by molar-refractivity contribution is 5.80. The molecule has 0 saturated heterocycles. The van der Waals surface area contributed by atoms with Gasteiger partial charge in [-0.25, -0.2) is 0 Å². The minimum absolute atomic E-state index is 0.295. The molecule has 3 rings (SSSR count). The molecule has 0 aliphatic heterocycles. The Kier molecular flexibility index (Phi) is 3.35. The number of benzene rings is 1. The van der Waals surface area contributed by atoms with E-state index in [1.165, 1.54) is 23.8 Å². The lowest BCUT2D eigenvalue weighted by molar-refractivity contribution is 0.205. The first-order chi connectivity index (χ1) is 8.88. The van der Waals surface area contributed by atoms with Crippen molar-refractivity contribution in [1.29, 1.82) is 0 Å². The van der Waals surface area contributed by atoms with E-state index in [-0.39, 0.29) is 0 Å². The zero-order valence-corrected chi connectivity index (χ0v) is 10.4. The summed E-state index contributed by atoms with van der Waals surface area (Å²) < 4.78 is 5.53. The molecular formula is C15H19NO2. The third kappa shape index (κ3) is 2.16. The summed E-state index contributed by atoms with van der Waals surface area (Å²) >= 11 is 0. The highest BCUT2D eigenvalue weighted by atomic mass is 16.3. The first kappa shape index (κ1) is 11.8. The van der Waals surface area contributed by atoms with E-state index in [9.17, 15) is 5.11 Å². The second kappa shape index (κ2) is 5.12. The van der Waals surface area contributed by atoms with Gasteiger partial charge in [0.1, 0.15) is 5.58 Å². The summed E-state index contributed by atoms with van der Waals surface area (Å²) in [6, 6.07) is 8.55. The minimum atomic E-state index is 0.295. The molecule has 1 fully saturated rings. The van der Waals surface area contributed by atoms with Gasteiger partial charge in [0.2, 0.25) is 0 Å². The molecule has 2 aromatic rings. The molecule has 0 amide bonds. The van der Waals surface area contributed by atoms with Crippen LogP contribution in [0.15, 0.2) is 34.9 Å². The molecule has 2 N–H and O–H groups in total. The Balaban J connectivity index is 1.69. The van der Waals surface area contributed by atoms with Gasteiger partial charge >= 0.3 is 0 Å². The smallest absolute Gasteiger partial charge is 0.134 e. The zero-order valence-electron chi connectivity index (χ0n) is 10.4. The normalized spacial score (nSPS) is 23.8. The monoisotopic (exact) mass is 245 g/mol. The predicted octanol–water partition coefficient (Wildman–Crippen LogP) is 2.68. The maximum atomic E-state index is 9.31. The topological polar surface area (TPSA) is 45.4 Å². The lowest BCUT2D eigenvalue weighted by atomic mass is 10.0.